The lowest BCUT2D eigenvalue weighted by Crippen LogP contribution is -2.43. The molecule has 1 aromatic rings. The summed E-state index contributed by atoms with van der Waals surface area (Å²) in [7, 11) is 0. The Morgan fingerprint density at radius 1 is 1.29 bits per heavy atom. The molecule has 0 spiro atoms. The molecule has 1 fully saturated rings. The van der Waals surface area contributed by atoms with Crippen LogP contribution in [-0.4, -0.2) is 32.3 Å². The van der Waals surface area contributed by atoms with Crippen LogP contribution in [0.2, 0.25) is 0 Å². The van der Waals surface area contributed by atoms with E-state index in [1.54, 1.807) is 0 Å². The molecule has 1 aliphatic heterocycles. The normalized spacial score (nSPS) is 20.4. The molecule has 94 valence electrons. The van der Waals surface area contributed by atoms with E-state index in [1.165, 1.54) is 11.1 Å². The van der Waals surface area contributed by atoms with E-state index in [2.05, 4.69) is 41.8 Å². The second kappa shape index (κ2) is 6.74. The smallest absolute Gasteiger partial charge is 0.0824 e. The number of nitrogens with one attached hydrogen (secondary N) is 2. The van der Waals surface area contributed by atoms with Gasteiger partial charge in [0, 0.05) is 26.2 Å². The minimum Gasteiger partial charge on any atom is -0.374 e. The summed E-state index contributed by atoms with van der Waals surface area (Å²) in [6.07, 6.45) is 1.42. The summed E-state index contributed by atoms with van der Waals surface area (Å²) in [5, 5.41) is 6.78. The van der Waals surface area contributed by atoms with Gasteiger partial charge in [0.2, 0.25) is 0 Å². The van der Waals surface area contributed by atoms with Crippen LogP contribution >= 0.6 is 0 Å². The van der Waals surface area contributed by atoms with Crippen molar-refractivity contribution in [3.05, 3.63) is 35.4 Å². The van der Waals surface area contributed by atoms with E-state index < -0.39 is 0 Å². The highest BCUT2D eigenvalue weighted by Gasteiger charge is 2.11. The van der Waals surface area contributed by atoms with Gasteiger partial charge in [-0.15, -0.1) is 0 Å². The molecule has 0 bridgehead atoms. The number of hydrogen-bond acceptors (Lipinski definition) is 3. The molecular formula is C14H22N2O. The first-order valence-corrected chi connectivity index (χ1v) is 6.49. The first-order chi connectivity index (χ1) is 8.38. The molecule has 3 heteroatoms. The Balaban J connectivity index is 1.69. The third kappa shape index (κ3) is 4.11. The van der Waals surface area contributed by atoms with Gasteiger partial charge in [0.1, 0.15) is 0 Å². The van der Waals surface area contributed by atoms with Crippen LogP contribution in [0.15, 0.2) is 24.3 Å². The van der Waals surface area contributed by atoms with Gasteiger partial charge in [0.25, 0.3) is 0 Å². The molecule has 17 heavy (non-hydrogen) atoms. The highest BCUT2D eigenvalue weighted by atomic mass is 16.5. The van der Waals surface area contributed by atoms with Gasteiger partial charge < -0.3 is 15.4 Å². The van der Waals surface area contributed by atoms with E-state index in [0.29, 0.717) is 6.10 Å². The van der Waals surface area contributed by atoms with Crippen molar-refractivity contribution in [2.24, 2.45) is 0 Å². The first kappa shape index (κ1) is 12.6. The molecule has 2 N–H and O–H groups in total. The lowest BCUT2D eigenvalue weighted by Gasteiger charge is -2.23. The fraction of sp³-hybridized carbons (Fsp3) is 0.571. The summed E-state index contributed by atoms with van der Waals surface area (Å²) in [5.41, 5.74) is 2.74. The summed E-state index contributed by atoms with van der Waals surface area (Å²) in [5.74, 6) is 0. The molecule has 0 aliphatic carbocycles. The fourth-order valence-electron chi connectivity index (χ4n) is 2.02. The van der Waals surface area contributed by atoms with Crippen LogP contribution < -0.4 is 10.6 Å². The number of morpholine rings is 1. The maximum absolute atomic E-state index is 5.63. The van der Waals surface area contributed by atoms with Gasteiger partial charge in [-0.3, -0.25) is 0 Å². The predicted octanol–water partition coefficient (Wildman–Crippen LogP) is 1.33. The van der Waals surface area contributed by atoms with E-state index >= 15 is 0 Å². The lowest BCUT2D eigenvalue weighted by atomic mass is 10.1. The topological polar surface area (TPSA) is 33.3 Å². The van der Waals surface area contributed by atoms with Crippen molar-refractivity contribution in [1.29, 1.82) is 0 Å². The van der Waals surface area contributed by atoms with Crippen molar-refractivity contribution < 1.29 is 4.74 Å². The summed E-state index contributed by atoms with van der Waals surface area (Å²) >= 11 is 0. The highest BCUT2D eigenvalue weighted by molar-refractivity contribution is 5.22. The van der Waals surface area contributed by atoms with Gasteiger partial charge in [-0.25, -0.2) is 0 Å². The second-order valence-corrected chi connectivity index (χ2v) is 4.50. The molecular weight excluding hydrogens is 212 g/mol. The van der Waals surface area contributed by atoms with Gasteiger partial charge in [-0.2, -0.15) is 0 Å². The van der Waals surface area contributed by atoms with Crippen molar-refractivity contribution in [3.63, 3.8) is 0 Å². The van der Waals surface area contributed by atoms with E-state index in [0.717, 1.165) is 39.2 Å². The fourth-order valence-corrected chi connectivity index (χ4v) is 2.02. The zero-order valence-corrected chi connectivity index (χ0v) is 10.5. The molecule has 1 unspecified atom stereocenters. The largest absolute Gasteiger partial charge is 0.374 e. The molecule has 0 radical (unpaired) electrons. The molecule has 1 saturated heterocycles. The molecule has 2 rings (SSSR count). The van der Waals surface area contributed by atoms with Gasteiger partial charge >= 0.3 is 0 Å². The monoisotopic (exact) mass is 234 g/mol. The maximum atomic E-state index is 5.63. The lowest BCUT2D eigenvalue weighted by molar-refractivity contribution is 0.0290. The average Bonchev–Trinajstić information content (AvgIpc) is 2.41. The van der Waals surface area contributed by atoms with Crippen LogP contribution in [0, 0.1) is 0 Å². The third-order valence-electron chi connectivity index (χ3n) is 3.14. The minimum absolute atomic E-state index is 0.318. The summed E-state index contributed by atoms with van der Waals surface area (Å²) in [6, 6.07) is 8.81. The summed E-state index contributed by atoms with van der Waals surface area (Å²) in [6.45, 7) is 6.79. The highest BCUT2D eigenvalue weighted by Crippen LogP contribution is 2.04. The quantitative estimate of drug-likeness (QED) is 0.806. The number of hydrogen-bond donors (Lipinski definition) is 2. The zero-order chi connectivity index (χ0) is 11.9. The van der Waals surface area contributed by atoms with Crippen LogP contribution in [0.5, 0.6) is 0 Å². The zero-order valence-electron chi connectivity index (χ0n) is 10.5. The molecule has 1 heterocycles. The number of rotatable bonds is 5. The van der Waals surface area contributed by atoms with Crippen LogP contribution in [0.25, 0.3) is 0 Å². The maximum Gasteiger partial charge on any atom is 0.0824 e. The molecule has 3 nitrogen and oxygen atoms in total. The SMILES string of the molecule is CCc1ccc(CNCC2CNCCO2)cc1. The van der Waals surface area contributed by atoms with Gasteiger partial charge in [0.15, 0.2) is 0 Å². The number of aryl methyl sites for hydroxylation is 1. The molecule has 1 atom stereocenters. The van der Waals surface area contributed by atoms with E-state index in [-0.39, 0.29) is 0 Å². The Bertz CT molecular complexity index is 317. The van der Waals surface area contributed by atoms with E-state index in [4.69, 9.17) is 4.74 Å². The number of benzene rings is 1. The molecule has 0 amide bonds. The van der Waals surface area contributed by atoms with E-state index in [9.17, 15) is 0 Å². The van der Waals surface area contributed by atoms with Crippen molar-refractivity contribution in [1.82, 2.24) is 10.6 Å². The number of ether oxygens (including phenoxy) is 1. The summed E-state index contributed by atoms with van der Waals surface area (Å²) in [4.78, 5) is 0. The van der Waals surface area contributed by atoms with Crippen LogP contribution in [0.4, 0.5) is 0 Å². The summed E-state index contributed by atoms with van der Waals surface area (Å²) < 4.78 is 5.63. The first-order valence-electron chi connectivity index (χ1n) is 6.49. The molecule has 1 aliphatic rings. The van der Waals surface area contributed by atoms with E-state index in [1.807, 2.05) is 0 Å². The van der Waals surface area contributed by atoms with Crippen molar-refractivity contribution in [2.45, 2.75) is 26.0 Å². The van der Waals surface area contributed by atoms with Gasteiger partial charge in [0.05, 0.1) is 12.7 Å². The Labute approximate surface area is 104 Å². The molecule has 1 aromatic carbocycles. The van der Waals surface area contributed by atoms with Gasteiger partial charge in [-0.1, -0.05) is 31.2 Å². The van der Waals surface area contributed by atoms with Crippen LogP contribution in [0.1, 0.15) is 18.1 Å². The minimum atomic E-state index is 0.318. The van der Waals surface area contributed by atoms with Crippen molar-refractivity contribution >= 4 is 0 Å². The molecule has 0 saturated carbocycles. The van der Waals surface area contributed by atoms with Gasteiger partial charge in [-0.05, 0) is 17.5 Å². The Morgan fingerprint density at radius 2 is 2.06 bits per heavy atom. The predicted molar refractivity (Wildman–Crippen MR) is 70.1 cm³/mol. The third-order valence-corrected chi connectivity index (χ3v) is 3.14. The Hall–Kier alpha value is -0.900. The Kier molecular flexibility index (Phi) is 4.98. The average molecular weight is 234 g/mol. The molecule has 0 aromatic heterocycles. The standard InChI is InChI=1S/C14H22N2O/c1-2-12-3-5-13(6-4-12)9-16-11-14-10-15-7-8-17-14/h3-6,14-16H,2,7-11H2,1H3. The van der Waals surface area contributed by atoms with Crippen molar-refractivity contribution in [2.75, 3.05) is 26.2 Å². The second-order valence-electron chi connectivity index (χ2n) is 4.50. The van der Waals surface area contributed by atoms with Crippen molar-refractivity contribution in [3.8, 4) is 0 Å². The van der Waals surface area contributed by atoms with Crippen LogP contribution in [0.3, 0.4) is 0 Å². The Morgan fingerprint density at radius 3 is 2.71 bits per heavy atom. The van der Waals surface area contributed by atoms with Crippen LogP contribution in [-0.2, 0) is 17.7 Å².